The third kappa shape index (κ3) is 3.98. The maximum Gasteiger partial charge on any atom is 0.417 e. The lowest BCUT2D eigenvalue weighted by Crippen LogP contribution is -2.05. The van der Waals surface area contributed by atoms with Gasteiger partial charge in [-0.2, -0.15) is 13.2 Å². The van der Waals surface area contributed by atoms with Gasteiger partial charge in [0, 0.05) is 22.3 Å². The van der Waals surface area contributed by atoms with Crippen LogP contribution in [0.15, 0.2) is 41.7 Å². The molecule has 0 saturated heterocycles. The minimum atomic E-state index is -4.40. The fourth-order valence-corrected chi connectivity index (χ4v) is 1.87. The molecule has 1 aromatic heterocycles. The second-order valence-electron chi connectivity index (χ2n) is 4.32. The van der Waals surface area contributed by atoms with Crippen molar-refractivity contribution in [2.75, 3.05) is 6.61 Å². The fraction of sp³-hybridized carbons (Fsp3) is 0.200. The Kier molecular flexibility index (Phi) is 5.03. The van der Waals surface area contributed by atoms with Crippen molar-refractivity contribution in [3.63, 3.8) is 0 Å². The number of oxime groups is 1. The molecule has 0 N–H and O–H groups in total. The molecule has 2 rings (SSSR count). The van der Waals surface area contributed by atoms with Gasteiger partial charge >= 0.3 is 6.18 Å². The van der Waals surface area contributed by atoms with E-state index in [1.54, 1.807) is 25.1 Å². The van der Waals surface area contributed by atoms with Crippen LogP contribution in [0.5, 0.6) is 0 Å². The van der Waals surface area contributed by atoms with Gasteiger partial charge in [0.15, 0.2) is 0 Å². The second kappa shape index (κ2) is 6.79. The molecule has 0 saturated carbocycles. The van der Waals surface area contributed by atoms with E-state index < -0.39 is 11.7 Å². The van der Waals surface area contributed by atoms with Gasteiger partial charge < -0.3 is 4.84 Å². The van der Waals surface area contributed by atoms with Gasteiger partial charge in [0.05, 0.1) is 17.5 Å². The van der Waals surface area contributed by atoms with Crippen molar-refractivity contribution in [3.8, 4) is 11.3 Å². The van der Waals surface area contributed by atoms with Crippen LogP contribution >= 0.6 is 11.6 Å². The van der Waals surface area contributed by atoms with Crippen molar-refractivity contribution in [2.45, 2.75) is 13.1 Å². The molecule has 0 bridgehead atoms. The molecular formula is C15H12ClF3N2O. The van der Waals surface area contributed by atoms with E-state index in [4.69, 9.17) is 16.4 Å². The van der Waals surface area contributed by atoms with Gasteiger partial charge in [-0.05, 0) is 31.2 Å². The van der Waals surface area contributed by atoms with Crippen LogP contribution in [0.25, 0.3) is 11.3 Å². The van der Waals surface area contributed by atoms with E-state index in [1.807, 2.05) is 0 Å². The van der Waals surface area contributed by atoms with E-state index in [-0.39, 0.29) is 0 Å². The Morgan fingerprint density at radius 2 is 2.05 bits per heavy atom. The van der Waals surface area contributed by atoms with Crippen molar-refractivity contribution in [2.24, 2.45) is 5.16 Å². The number of alkyl halides is 3. The van der Waals surface area contributed by atoms with Gasteiger partial charge in [0.25, 0.3) is 0 Å². The number of pyridine rings is 1. The molecule has 116 valence electrons. The molecule has 0 fully saturated rings. The first kappa shape index (κ1) is 16.3. The van der Waals surface area contributed by atoms with Gasteiger partial charge in [0.2, 0.25) is 0 Å². The number of nitrogens with zero attached hydrogens (tertiary/aromatic N) is 2. The predicted octanol–water partition coefficient (Wildman–Crippen LogP) is 4.79. The molecule has 0 aliphatic heterocycles. The van der Waals surface area contributed by atoms with Gasteiger partial charge in [-0.25, -0.2) is 0 Å². The minimum Gasteiger partial charge on any atom is -0.396 e. The third-order valence-corrected chi connectivity index (χ3v) is 3.12. The number of hydrogen-bond donors (Lipinski definition) is 0. The van der Waals surface area contributed by atoms with Crippen LogP contribution in [0.3, 0.4) is 0 Å². The van der Waals surface area contributed by atoms with E-state index in [0.29, 0.717) is 28.5 Å². The molecule has 7 heteroatoms. The molecule has 1 aromatic carbocycles. The number of rotatable bonds is 4. The Morgan fingerprint density at radius 3 is 2.64 bits per heavy atom. The van der Waals surface area contributed by atoms with Crippen LogP contribution in [0.4, 0.5) is 13.2 Å². The molecule has 0 unspecified atom stereocenters. The molecular weight excluding hydrogens is 317 g/mol. The maximum atomic E-state index is 12.5. The molecule has 1 heterocycles. The van der Waals surface area contributed by atoms with E-state index >= 15 is 0 Å². The van der Waals surface area contributed by atoms with Crippen LogP contribution in [0.2, 0.25) is 5.02 Å². The summed E-state index contributed by atoms with van der Waals surface area (Å²) in [6, 6.07) is 7.29. The van der Waals surface area contributed by atoms with E-state index in [1.165, 1.54) is 12.3 Å². The summed E-state index contributed by atoms with van der Waals surface area (Å²) in [7, 11) is 0. The first-order valence-electron chi connectivity index (χ1n) is 6.40. The Labute approximate surface area is 130 Å². The van der Waals surface area contributed by atoms with Gasteiger partial charge in [-0.1, -0.05) is 22.8 Å². The van der Waals surface area contributed by atoms with Gasteiger partial charge in [0.1, 0.15) is 6.61 Å². The monoisotopic (exact) mass is 328 g/mol. The molecule has 0 amide bonds. The van der Waals surface area contributed by atoms with Crippen LogP contribution in [-0.2, 0) is 11.0 Å². The van der Waals surface area contributed by atoms with Crippen LogP contribution in [0, 0.1) is 0 Å². The van der Waals surface area contributed by atoms with Crippen molar-refractivity contribution < 1.29 is 18.0 Å². The summed E-state index contributed by atoms with van der Waals surface area (Å²) in [5, 5.41) is 4.18. The van der Waals surface area contributed by atoms with Gasteiger partial charge in [-0.3, -0.25) is 4.98 Å². The Hall–Kier alpha value is -2.08. The van der Waals surface area contributed by atoms with E-state index in [9.17, 15) is 13.2 Å². The quantitative estimate of drug-likeness (QED) is 0.597. The summed E-state index contributed by atoms with van der Waals surface area (Å²) in [4.78, 5) is 8.71. The smallest absolute Gasteiger partial charge is 0.396 e. The average molecular weight is 329 g/mol. The Morgan fingerprint density at radius 1 is 1.27 bits per heavy atom. The van der Waals surface area contributed by atoms with Gasteiger partial charge in [-0.15, -0.1) is 0 Å². The molecule has 2 aromatic rings. The highest BCUT2D eigenvalue weighted by Crippen LogP contribution is 2.30. The third-order valence-electron chi connectivity index (χ3n) is 2.78. The summed E-state index contributed by atoms with van der Waals surface area (Å²) in [5.41, 5.74) is 0.851. The second-order valence-corrected chi connectivity index (χ2v) is 4.73. The molecule has 22 heavy (non-hydrogen) atoms. The van der Waals surface area contributed by atoms with Crippen LogP contribution < -0.4 is 0 Å². The molecule has 0 spiro atoms. The number of benzene rings is 1. The Balaban J connectivity index is 2.31. The highest BCUT2D eigenvalue weighted by molar-refractivity contribution is 6.33. The number of halogens is 4. The summed E-state index contributed by atoms with van der Waals surface area (Å²) in [5.74, 6) is 0. The van der Waals surface area contributed by atoms with E-state index in [0.717, 1.165) is 12.3 Å². The zero-order valence-corrected chi connectivity index (χ0v) is 12.3. The van der Waals surface area contributed by atoms with E-state index in [2.05, 4.69) is 10.1 Å². The lowest BCUT2D eigenvalue weighted by Gasteiger charge is -2.08. The predicted molar refractivity (Wildman–Crippen MR) is 78.9 cm³/mol. The average Bonchev–Trinajstić information content (AvgIpc) is 2.49. The number of aromatic nitrogens is 1. The van der Waals surface area contributed by atoms with Crippen molar-refractivity contribution in [1.82, 2.24) is 4.98 Å². The summed E-state index contributed by atoms with van der Waals surface area (Å²) in [6.07, 6.45) is -2.15. The largest absolute Gasteiger partial charge is 0.417 e. The number of hydrogen-bond acceptors (Lipinski definition) is 3. The standard InChI is InChI=1S/C15H12ClF3N2O/c1-2-22-21-8-11-7-10(3-5-13(11)16)14-6-4-12(9-20-14)15(17,18)19/h3-9H,2H2,1H3. The van der Waals surface area contributed by atoms with Crippen molar-refractivity contribution in [3.05, 3.63) is 52.7 Å². The molecule has 0 atom stereocenters. The van der Waals surface area contributed by atoms with Crippen LogP contribution in [-0.4, -0.2) is 17.8 Å². The lowest BCUT2D eigenvalue weighted by molar-refractivity contribution is -0.137. The highest BCUT2D eigenvalue weighted by atomic mass is 35.5. The molecule has 0 aliphatic carbocycles. The SMILES string of the molecule is CCON=Cc1cc(-c2ccc(C(F)(F)F)cn2)ccc1Cl. The topological polar surface area (TPSA) is 34.5 Å². The van der Waals surface area contributed by atoms with Crippen LogP contribution in [0.1, 0.15) is 18.1 Å². The summed E-state index contributed by atoms with van der Waals surface area (Å²) >= 11 is 6.03. The van der Waals surface area contributed by atoms with Crippen molar-refractivity contribution in [1.29, 1.82) is 0 Å². The first-order valence-corrected chi connectivity index (χ1v) is 6.78. The summed E-state index contributed by atoms with van der Waals surface area (Å²) in [6.45, 7) is 2.22. The first-order chi connectivity index (χ1) is 10.4. The van der Waals surface area contributed by atoms with Crippen molar-refractivity contribution >= 4 is 17.8 Å². The summed E-state index contributed by atoms with van der Waals surface area (Å²) < 4.78 is 37.6. The molecule has 0 radical (unpaired) electrons. The maximum absolute atomic E-state index is 12.5. The normalized spacial score (nSPS) is 11.9. The molecule has 0 aliphatic rings. The lowest BCUT2D eigenvalue weighted by atomic mass is 10.1. The zero-order chi connectivity index (χ0) is 16.2. The fourth-order valence-electron chi connectivity index (χ4n) is 1.70. The molecule has 3 nitrogen and oxygen atoms in total. The Bertz CT molecular complexity index is 669. The minimum absolute atomic E-state index is 0.413. The highest BCUT2D eigenvalue weighted by Gasteiger charge is 2.30. The zero-order valence-electron chi connectivity index (χ0n) is 11.6.